The summed E-state index contributed by atoms with van der Waals surface area (Å²) in [6.45, 7) is 3.98. The maximum Gasteiger partial charge on any atom is 0.252 e. The largest absolute Gasteiger partial charge is 0.370 e. The van der Waals surface area contributed by atoms with Crippen LogP contribution in [0.1, 0.15) is 32.6 Å². The summed E-state index contributed by atoms with van der Waals surface area (Å²) in [5, 5.41) is 0. The summed E-state index contributed by atoms with van der Waals surface area (Å²) in [7, 11) is 0. The SMILES string of the molecule is CC1CCCN(C(N)=NC2CC(F)(F)C2)C1. The third kappa shape index (κ3) is 2.62. The Morgan fingerprint density at radius 1 is 1.44 bits per heavy atom. The van der Waals surface area contributed by atoms with Gasteiger partial charge < -0.3 is 10.6 Å². The van der Waals surface area contributed by atoms with Gasteiger partial charge in [-0.1, -0.05) is 6.92 Å². The minimum Gasteiger partial charge on any atom is -0.370 e. The van der Waals surface area contributed by atoms with Crippen molar-refractivity contribution in [1.29, 1.82) is 0 Å². The van der Waals surface area contributed by atoms with Crippen LogP contribution in [0.5, 0.6) is 0 Å². The van der Waals surface area contributed by atoms with Crippen molar-refractivity contribution in [3.8, 4) is 0 Å². The van der Waals surface area contributed by atoms with E-state index in [2.05, 4.69) is 11.9 Å². The summed E-state index contributed by atoms with van der Waals surface area (Å²) in [5.74, 6) is -1.44. The smallest absolute Gasteiger partial charge is 0.252 e. The fraction of sp³-hybridized carbons (Fsp3) is 0.909. The number of piperidine rings is 1. The molecule has 0 aromatic heterocycles. The highest BCUT2D eigenvalue weighted by atomic mass is 19.3. The molecule has 16 heavy (non-hydrogen) atoms. The van der Waals surface area contributed by atoms with Gasteiger partial charge in [0.25, 0.3) is 5.92 Å². The van der Waals surface area contributed by atoms with E-state index in [1.54, 1.807) is 0 Å². The Kier molecular flexibility index (Phi) is 3.04. The van der Waals surface area contributed by atoms with E-state index < -0.39 is 5.92 Å². The van der Waals surface area contributed by atoms with Crippen molar-refractivity contribution in [2.45, 2.75) is 44.6 Å². The topological polar surface area (TPSA) is 41.6 Å². The highest BCUT2D eigenvalue weighted by molar-refractivity contribution is 5.78. The first-order valence-electron chi connectivity index (χ1n) is 5.92. The average molecular weight is 231 g/mol. The van der Waals surface area contributed by atoms with Gasteiger partial charge in [0.1, 0.15) is 0 Å². The maximum atomic E-state index is 12.6. The predicted molar refractivity (Wildman–Crippen MR) is 59.6 cm³/mol. The molecule has 0 bridgehead atoms. The van der Waals surface area contributed by atoms with Crippen LogP contribution in [0.2, 0.25) is 0 Å². The van der Waals surface area contributed by atoms with Crippen LogP contribution in [-0.2, 0) is 0 Å². The van der Waals surface area contributed by atoms with Gasteiger partial charge in [-0.3, -0.25) is 0 Å². The van der Waals surface area contributed by atoms with Crippen molar-refractivity contribution < 1.29 is 8.78 Å². The van der Waals surface area contributed by atoms with Crippen LogP contribution in [0.25, 0.3) is 0 Å². The molecule has 1 saturated carbocycles. The number of nitrogens with two attached hydrogens (primary N) is 1. The van der Waals surface area contributed by atoms with Crippen LogP contribution in [0.3, 0.4) is 0 Å². The molecule has 0 aromatic carbocycles. The number of nitrogens with zero attached hydrogens (tertiary/aromatic N) is 2. The lowest BCUT2D eigenvalue weighted by molar-refractivity contribution is -0.0836. The summed E-state index contributed by atoms with van der Waals surface area (Å²) < 4.78 is 25.2. The second-order valence-corrected chi connectivity index (χ2v) is 5.10. The molecule has 1 heterocycles. The number of halogens is 2. The first-order chi connectivity index (χ1) is 7.46. The second-order valence-electron chi connectivity index (χ2n) is 5.10. The van der Waals surface area contributed by atoms with E-state index in [0.29, 0.717) is 11.9 Å². The van der Waals surface area contributed by atoms with E-state index >= 15 is 0 Å². The zero-order valence-corrected chi connectivity index (χ0v) is 9.63. The van der Waals surface area contributed by atoms with E-state index in [9.17, 15) is 8.78 Å². The minimum atomic E-state index is -2.51. The Morgan fingerprint density at radius 2 is 2.12 bits per heavy atom. The number of likely N-dealkylation sites (tertiary alicyclic amines) is 1. The molecule has 3 nitrogen and oxygen atoms in total. The average Bonchev–Trinajstić information content (AvgIpc) is 2.14. The molecular formula is C11H19F2N3. The lowest BCUT2D eigenvalue weighted by atomic mass is 9.89. The Bertz CT molecular complexity index is 283. The Balaban J connectivity index is 1.87. The van der Waals surface area contributed by atoms with E-state index in [0.717, 1.165) is 19.5 Å². The molecule has 92 valence electrons. The molecule has 0 spiro atoms. The van der Waals surface area contributed by atoms with Crippen LogP contribution in [0.4, 0.5) is 8.78 Å². The molecule has 0 amide bonds. The lowest BCUT2D eigenvalue weighted by Gasteiger charge is -2.35. The summed E-state index contributed by atoms with van der Waals surface area (Å²) >= 11 is 0. The van der Waals surface area contributed by atoms with Gasteiger partial charge in [-0.2, -0.15) is 0 Å². The molecule has 1 saturated heterocycles. The van der Waals surface area contributed by atoms with Crippen LogP contribution < -0.4 is 5.73 Å². The molecule has 1 unspecified atom stereocenters. The number of rotatable bonds is 1. The molecule has 2 fully saturated rings. The predicted octanol–water partition coefficient (Wildman–Crippen LogP) is 1.83. The molecule has 1 atom stereocenters. The molecule has 5 heteroatoms. The van der Waals surface area contributed by atoms with Crippen LogP contribution in [0.15, 0.2) is 4.99 Å². The Morgan fingerprint density at radius 3 is 2.69 bits per heavy atom. The number of hydrogen-bond acceptors (Lipinski definition) is 1. The summed E-state index contributed by atoms with van der Waals surface area (Å²) in [6.07, 6.45) is 2.04. The molecule has 2 rings (SSSR count). The van der Waals surface area contributed by atoms with Crippen molar-refractivity contribution in [3.63, 3.8) is 0 Å². The van der Waals surface area contributed by atoms with Crippen LogP contribution in [-0.4, -0.2) is 35.9 Å². The molecule has 2 N–H and O–H groups in total. The maximum absolute atomic E-state index is 12.6. The van der Waals surface area contributed by atoms with E-state index in [1.165, 1.54) is 6.42 Å². The highest BCUT2D eigenvalue weighted by Gasteiger charge is 2.45. The van der Waals surface area contributed by atoms with Gasteiger partial charge in [-0.05, 0) is 18.8 Å². The molecule has 2 aliphatic rings. The quantitative estimate of drug-likeness (QED) is 0.552. The molecule has 1 aliphatic carbocycles. The lowest BCUT2D eigenvalue weighted by Crippen LogP contribution is -2.46. The zero-order valence-electron chi connectivity index (χ0n) is 9.63. The molecular weight excluding hydrogens is 212 g/mol. The second kappa shape index (κ2) is 4.18. The van der Waals surface area contributed by atoms with E-state index in [4.69, 9.17) is 5.73 Å². The molecule has 1 aliphatic heterocycles. The monoisotopic (exact) mass is 231 g/mol. The first kappa shape index (κ1) is 11.6. The number of alkyl halides is 2. The molecule has 0 aromatic rings. The molecule has 0 radical (unpaired) electrons. The van der Waals surface area contributed by atoms with Crippen LogP contribution in [0, 0.1) is 5.92 Å². The number of aliphatic imine (C=N–C) groups is 1. The van der Waals surface area contributed by atoms with Gasteiger partial charge in [-0.15, -0.1) is 0 Å². The summed E-state index contributed by atoms with van der Waals surface area (Å²) in [6, 6.07) is -0.271. The van der Waals surface area contributed by atoms with Crippen molar-refractivity contribution in [2.75, 3.05) is 13.1 Å². The standard InChI is InChI=1S/C11H19F2N3/c1-8-3-2-4-16(7-8)10(14)15-9-5-11(12,13)6-9/h8-9H,2-7H2,1H3,(H2,14,15). The van der Waals surface area contributed by atoms with Gasteiger partial charge in [0.05, 0.1) is 6.04 Å². The summed E-state index contributed by atoms with van der Waals surface area (Å²) in [5.41, 5.74) is 5.84. The minimum absolute atomic E-state index is 0.142. The fourth-order valence-electron chi connectivity index (χ4n) is 2.39. The number of guanidine groups is 1. The van der Waals surface area contributed by atoms with Gasteiger partial charge in [0.2, 0.25) is 0 Å². The van der Waals surface area contributed by atoms with Crippen molar-refractivity contribution in [2.24, 2.45) is 16.6 Å². The van der Waals surface area contributed by atoms with Crippen molar-refractivity contribution in [3.05, 3.63) is 0 Å². The van der Waals surface area contributed by atoms with E-state index in [-0.39, 0.29) is 18.9 Å². The first-order valence-corrected chi connectivity index (χ1v) is 5.92. The third-order valence-electron chi connectivity index (χ3n) is 3.36. The van der Waals surface area contributed by atoms with Gasteiger partial charge in [-0.25, -0.2) is 13.8 Å². The highest BCUT2D eigenvalue weighted by Crippen LogP contribution is 2.39. The van der Waals surface area contributed by atoms with Crippen molar-refractivity contribution >= 4 is 5.96 Å². The number of hydrogen-bond donors (Lipinski definition) is 1. The summed E-state index contributed by atoms with van der Waals surface area (Å²) in [4.78, 5) is 6.19. The van der Waals surface area contributed by atoms with E-state index in [1.807, 2.05) is 4.90 Å². The van der Waals surface area contributed by atoms with Gasteiger partial charge >= 0.3 is 0 Å². The van der Waals surface area contributed by atoms with Crippen LogP contribution >= 0.6 is 0 Å². The Hall–Kier alpha value is -0.870. The normalized spacial score (nSPS) is 31.3. The Labute approximate surface area is 94.7 Å². The third-order valence-corrected chi connectivity index (χ3v) is 3.36. The van der Waals surface area contributed by atoms with Crippen molar-refractivity contribution in [1.82, 2.24) is 4.90 Å². The van der Waals surface area contributed by atoms with Gasteiger partial charge in [0, 0.05) is 25.9 Å². The zero-order chi connectivity index (χ0) is 11.8. The van der Waals surface area contributed by atoms with Gasteiger partial charge in [0.15, 0.2) is 5.96 Å². The fourth-order valence-corrected chi connectivity index (χ4v) is 2.39.